The number of benzene rings is 1. The molecule has 1 aliphatic rings. The number of unbranched alkanes of at least 4 members (excludes halogenated alkanes) is 1. The van der Waals surface area contributed by atoms with E-state index in [-0.39, 0.29) is 17.2 Å². The average molecular weight is 357 g/mol. The first-order chi connectivity index (χ1) is 12.2. The normalized spacial score (nSPS) is 12.8. The van der Waals surface area contributed by atoms with Crippen LogP contribution in [0.25, 0.3) is 0 Å². The quantitative estimate of drug-likeness (QED) is 0.589. The second kappa shape index (κ2) is 8.34. The first-order valence-corrected chi connectivity index (χ1v) is 9.78. The van der Waals surface area contributed by atoms with Crippen LogP contribution in [0.1, 0.15) is 43.0 Å². The molecule has 1 aromatic heterocycles. The molecule has 25 heavy (non-hydrogen) atoms. The summed E-state index contributed by atoms with van der Waals surface area (Å²) in [6.07, 6.45) is 6.05. The molecule has 1 heterocycles. The molecule has 0 saturated heterocycles. The molecule has 5 nitrogen and oxygen atoms in total. The topological polar surface area (TPSA) is 74.8 Å². The van der Waals surface area contributed by atoms with Gasteiger partial charge in [0.05, 0.1) is 11.4 Å². The van der Waals surface area contributed by atoms with Gasteiger partial charge in [0, 0.05) is 11.3 Å². The minimum Gasteiger partial charge on any atom is -0.325 e. The molecule has 6 heteroatoms. The lowest BCUT2D eigenvalue weighted by atomic mass is 10.1. The average Bonchev–Trinajstić information content (AvgIpc) is 3.09. The van der Waals surface area contributed by atoms with E-state index < -0.39 is 0 Å². The van der Waals surface area contributed by atoms with Gasteiger partial charge in [-0.3, -0.25) is 9.59 Å². The van der Waals surface area contributed by atoms with Crippen LogP contribution < -0.4 is 10.9 Å². The van der Waals surface area contributed by atoms with E-state index in [9.17, 15) is 9.59 Å². The molecular formula is C19H23N3O2S. The van der Waals surface area contributed by atoms with E-state index in [2.05, 4.69) is 34.3 Å². The molecule has 0 atom stereocenters. The number of hydrogen-bond acceptors (Lipinski definition) is 4. The predicted molar refractivity (Wildman–Crippen MR) is 101 cm³/mol. The number of hydrogen-bond donors (Lipinski definition) is 2. The van der Waals surface area contributed by atoms with E-state index in [0.29, 0.717) is 5.16 Å². The van der Waals surface area contributed by atoms with Crippen LogP contribution in [0.5, 0.6) is 0 Å². The van der Waals surface area contributed by atoms with Gasteiger partial charge >= 0.3 is 0 Å². The van der Waals surface area contributed by atoms with Gasteiger partial charge < -0.3 is 10.3 Å². The molecule has 1 amide bonds. The molecule has 0 bridgehead atoms. The van der Waals surface area contributed by atoms with Gasteiger partial charge in [0.15, 0.2) is 5.16 Å². The van der Waals surface area contributed by atoms with Crippen LogP contribution in [0.15, 0.2) is 34.2 Å². The highest BCUT2D eigenvalue weighted by molar-refractivity contribution is 7.99. The number of anilines is 1. The molecule has 2 aromatic rings. The van der Waals surface area contributed by atoms with Gasteiger partial charge in [0.25, 0.3) is 5.56 Å². The Balaban J connectivity index is 1.53. The Kier molecular flexibility index (Phi) is 5.91. The molecule has 1 aliphatic carbocycles. The van der Waals surface area contributed by atoms with Crippen molar-refractivity contribution < 1.29 is 4.79 Å². The van der Waals surface area contributed by atoms with Crippen molar-refractivity contribution in [1.82, 2.24) is 9.97 Å². The Hall–Kier alpha value is -2.08. The lowest BCUT2D eigenvalue weighted by Gasteiger charge is -2.07. The van der Waals surface area contributed by atoms with Crippen molar-refractivity contribution in [1.29, 1.82) is 0 Å². The van der Waals surface area contributed by atoms with E-state index in [1.165, 1.54) is 30.2 Å². The number of rotatable bonds is 7. The van der Waals surface area contributed by atoms with Gasteiger partial charge in [-0.05, 0) is 49.8 Å². The van der Waals surface area contributed by atoms with Crippen LogP contribution in [-0.2, 0) is 24.1 Å². The monoisotopic (exact) mass is 357 g/mol. The van der Waals surface area contributed by atoms with Crippen molar-refractivity contribution in [2.24, 2.45) is 0 Å². The number of nitrogens with one attached hydrogen (secondary N) is 2. The number of fused-ring (bicyclic) bond motifs is 1. The summed E-state index contributed by atoms with van der Waals surface area (Å²) in [5.41, 5.74) is 3.70. The minimum absolute atomic E-state index is 0.0620. The minimum atomic E-state index is -0.102. The third-order valence-electron chi connectivity index (χ3n) is 4.32. The van der Waals surface area contributed by atoms with E-state index >= 15 is 0 Å². The molecule has 132 valence electrons. The largest absolute Gasteiger partial charge is 0.325 e. The second-order valence-electron chi connectivity index (χ2n) is 6.29. The van der Waals surface area contributed by atoms with E-state index in [0.717, 1.165) is 42.6 Å². The fourth-order valence-electron chi connectivity index (χ4n) is 2.95. The molecule has 0 unspecified atom stereocenters. The number of aryl methyl sites for hydroxylation is 2. The summed E-state index contributed by atoms with van der Waals surface area (Å²) >= 11 is 1.26. The number of aromatic nitrogens is 2. The van der Waals surface area contributed by atoms with E-state index in [1.807, 2.05) is 12.1 Å². The number of aromatic amines is 1. The summed E-state index contributed by atoms with van der Waals surface area (Å²) in [7, 11) is 0. The van der Waals surface area contributed by atoms with Crippen LogP contribution in [0.4, 0.5) is 5.69 Å². The summed E-state index contributed by atoms with van der Waals surface area (Å²) in [5, 5.41) is 3.41. The van der Waals surface area contributed by atoms with Gasteiger partial charge in [0.2, 0.25) is 5.91 Å². The Morgan fingerprint density at radius 1 is 1.28 bits per heavy atom. The summed E-state index contributed by atoms with van der Waals surface area (Å²) in [6.45, 7) is 2.18. The Bertz CT molecular complexity index is 799. The van der Waals surface area contributed by atoms with Crippen LogP contribution in [0, 0.1) is 0 Å². The highest BCUT2D eigenvalue weighted by atomic mass is 32.2. The van der Waals surface area contributed by atoms with Gasteiger partial charge in [-0.2, -0.15) is 0 Å². The maximum absolute atomic E-state index is 12.1. The van der Waals surface area contributed by atoms with Crippen molar-refractivity contribution in [3.63, 3.8) is 0 Å². The Labute approximate surface area is 151 Å². The SMILES string of the molecule is CCCCc1ccc(NC(=O)CSc2nc3c(c(=O)[nH]2)CCC3)cc1. The maximum Gasteiger partial charge on any atom is 0.254 e. The molecule has 0 fully saturated rings. The fourth-order valence-corrected chi connectivity index (χ4v) is 3.63. The smallest absolute Gasteiger partial charge is 0.254 e. The highest BCUT2D eigenvalue weighted by Crippen LogP contribution is 2.20. The highest BCUT2D eigenvalue weighted by Gasteiger charge is 2.17. The molecule has 3 rings (SSSR count). The maximum atomic E-state index is 12.1. The molecule has 0 spiro atoms. The zero-order chi connectivity index (χ0) is 17.6. The molecule has 2 N–H and O–H groups in total. The third-order valence-corrected chi connectivity index (χ3v) is 5.19. The Morgan fingerprint density at radius 3 is 2.84 bits per heavy atom. The fraction of sp³-hybridized carbons (Fsp3) is 0.421. The van der Waals surface area contributed by atoms with Gasteiger partial charge in [-0.25, -0.2) is 4.98 Å². The van der Waals surface area contributed by atoms with Crippen molar-refractivity contribution in [2.75, 3.05) is 11.1 Å². The number of carbonyl (C=O) groups is 1. The summed E-state index contributed by atoms with van der Waals surface area (Å²) in [6, 6.07) is 7.97. The number of H-pyrrole nitrogens is 1. The summed E-state index contributed by atoms with van der Waals surface area (Å²) < 4.78 is 0. The lowest BCUT2D eigenvalue weighted by Crippen LogP contribution is -2.17. The van der Waals surface area contributed by atoms with Gasteiger partial charge in [-0.15, -0.1) is 0 Å². The number of carbonyl (C=O) groups excluding carboxylic acids is 1. The zero-order valence-corrected chi connectivity index (χ0v) is 15.2. The van der Waals surface area contributed by atoms with Gasteiger partial charge in [0.1, 0.15) is 0 Å². The van der Waals surface area contributed by atoms with Gasteiger partial charge in [-0.1, -0.05) is 37.2 Å². The Morgan fingerprint density at radius 2 is 2.08 bits per heavy atom. The zero-order valence-electron chi connectivity index (χ0n) is 14.4. The van der Waals surface area contributed by atoms with Crippen molar-refractivity contribution >= 4 is 23.4 Å². The van der Waals surface area contributed by atoms with Crippen LogP contribution in [-0.4, -0.2) is 21.6 Å². The molecule has 0 aliphatic heterocycles. The molecule has 1 aromatic carbocycles. The molecule has 0 saturated carbocycles. The number of nitrogens with zero attached hydrogens (tertiary/aromatic N) is 1. The van der Waals surface area contributed by atoms with Crippen molar-refractivity contribution in [2.45, 2.75) is 50.6 Å². The van der Waals surface area contributed by atoms with Crippen LogP contribution >= 0.6 is 11.8 Å². The third kappa shape index (κ3) is 4.72. The first kappa shape index (κ1) is 17.7. The second-order valence-corrected chi connectivity index (χ2v) is 7.25. The predicted octanol–water partition coefficient (Wildman–Crippen LogP) is 3.33. The molecule has 0 radical (unpaired) electrons. The van der Waals surface area contributed by atoms with Crippen LogP contribution in [0.3, 0.4) is 0 Å². The van der Waals surface area contributed by atoms with E-state index in [1.54, 1.807) is 0 Å². The van der Waals surface area contributed by atoms with Crippen LogP contribution in [0.2, 0.25) is 0 Å². The lowest BCUT2D eigenvalue weighted by molar-refractivity contribution is -0.113. The van der Waals surface area contributed by atoms with E-state index in [4.69, 9.17) is 0 Å². The standard InChI is InChI=1S/C19H23N3O2S/c1-2-3-5-13-8-10-14(11-9-13)20-17(23)12-25-19-21-16-7-4-6-15(16)18(24)22-19/h8-11H,2-7,12H2,1H3,(H,20,23)(H,21,22,24). The summed E-state index contributed by atoms with van der Waals surface area (Å²) in [5.74, 6) is 0.119. The molecular weight excluding hydrogens is 334 g/mol. The van der Waals surface area contributed by atoms with Crippen molar-refractivity contribution in [3.8, 4) is 0 Å². The number of thioether (sulfide) groups is 1. The van der Waals surface area contributed by atoms with Crippen molar-refractivity contribution in [3.05, 3.63) is 51.4 Å². The summed E-state index contributed by atoms with van der Waals surface area (Å²) in [4.78, 5) is 31.3. The number of amides is 1. The first-order valence-electron chi connectivity index (χ1n) is 8.79.